The maximum atomic E-state index is 9.36. The van der Waals surface area contributed by atoms with Gasteiger partial charge in [0.15, 0.2) is 5.65 Å². The van der Waals surface area contributed by atoms with Crippen molar-refractivity contribution in [2.75, 3.05) is 0 Å². The molecule has 0 aliphatic rings. The average Bonchev–Trinajstić information content (AvgIpc) is 2.80. The van der Waals surface area contributed by atoms with Crippen molar-refractivity contribution in [2.24, 2.45) is 0 Å². The highest BCUT2D eigenvalue weighted by atomic mass is 35.5. The van der Waals surface area contributed by atoms with Gasteiger partial charge >= 0.3 is 0 Å². The number of nitriles is 1. The molecule has 98 valence electrons. The fraction of sp³-hybridized carbons (Fsp3) is 0.125. The lowest BCUT2D eigenvalue weighted by molar-refractivity contribution is 1.09. The van der Waals surface area contributed by atoms with E-state index in [2.05, 4.69) is 42.2 Å². The number of benzene rings is 1. The Morgan fingerprint density at radius 2 is 2.00 bits per heavy atom. The van der Waals surface area contributed by atoms with Gasteiger partial charge in [0.25, 0.3) is 0 Å². The third-order valence-electron chi connectivity index (χ3n) is 3.27. The highest BCUT2D eigenvalue weighted by molar-refractivity contribution is 6.33. The molecule has 3 nitrogen and oxygen atoms in total. The first-order valence-corrected chi connectivity index (χ1v) is 6.68. The summed E-state index contributed by atoms with van der Waals surface area (Å²) in [6, 6.07) is 14.0. The third-order valence-corrected chi connectivity index (χ3v) is 3.57. The van der Waals surface area contributed by atoms with Crippen molar-refractivity contribution in [2.45, 2.75) is 13.3 Å². The van der Waals surface area contributed by atoms with Crippen LogP contribution >= 0.6 is 11.6 Å². The molecule has 2 aromatic heterocycles. The molecule has 1 aromatic carbocycles. The summed E-state index contributed by atoms with van der Waals surface area (Å²) in [7, 11) is 0. The minimum absolute atomic E-state index is 0.545. The van der Waals surface area contributed by atoms with Crippen LogP contribution in [0.2, 0.25) is 5.02 Å². The van der Waals surface area contributed by atoms with Gasteiger partial charge in [-0.05, 0) is 24.6 Å². The van der Waals surface area contributed by atoms with Crippen LogP contribution < -0.4 is 0 Å². The molecule has 0 atom stereocenters. The molecule has 20 heavy (non-hydrogen) atoms. The molecule has 0 spiro atoms. The molecule has 0 aliphatic heterocycles. The van der Waals surface area contributed by atoms with Crippen molar-refractivity contribution < 1.29 is 0 Å². The molecule has 0 amide bonds. The minimum Gasteiger partial charge on any atom is -0.290 e. The molecule has 0 saturated carbocycles. The molecule has 0 unspecified atom stereocenters. The van der Waals surface area contributed by atoms with Gasteiger partial charge in [0.2, 0.25) is 0 Å². The van der Waals surface area contributed by atoms with Gasteiger partial charge in [-0.25, -0.2) is 4.98 Å². The number of aromatic nitrogens is 2. The predicted molar refractivity (Wildman–Crippen MR) is 78.9 cm³/mol. The van der Waals surface area contributed by atoms with Gasteiger partial charge in [-0.2, -0.15) is 5.26 Å². The normalized spacial score (nSPS) is 10.7. The Morgan fingerprint density at radius 1 is 1.25 bits per heavy atom. The fourth-order valence-electron chi connectivity index (χ4n) is 2.22. The Bertz CT molecular complexity index is 810. The Labute approximate surface area is 122 Å². The molecular weight excluding hydrogens is 270 g/mol. The lowest BCUT2D eigenvalue weighted by atomic mass is 10.1. The molecule has 0 radical (unpaired) electrons. The first-order chi connectivity index (χ1) is 9.69. The van der Waals surface area contributed by atoms with Crippen LogP contribution in [0.5, 0.6) is 0 Å². The van der Waals surface area contributed by atoms with Gasteiger partial charge in [0.05, 0.1) is 10.7 Å². The van der Waals surface area contributed by atoms with Crippen molar-refractivity contribution in [3.8, 4) is 6.07 Å². The van der Waals surface area contributed by atoms with Crippen molar-refractivity contribution in [1.29, 1.82) is 5.26 Å². The van der Waals surface area contributed by atoms with Crippen LogP contribution in [0.4, 0.5) is 0 Å². The molecule has 0 fully saturated rings. The second-order valence-electron chi connectivity index (χ2n) is 4.73. The van der Waals surface area contributed by atoms with Crippen LogP contribution in [0.25, 0.3) is 5.65 Å². The van der Waals surface area contributed by atoms with Gasteiger partial charge in [-0.1, -0.05) is 41.4 Å². The summed E-state index contributed by atoms with van der Waals surface area (Å²) in [5.41, 5.74) is 4.28. The molecule has 0 aliphatic carbocycles. The second kappa shape index (κ2) is 4.99. The molecular formula is C16H12ClN3. The highest BCUT2D eigenvalue weighted by Gasteiger charge is 2.13. The maximum absolute atomic E-state index is 9.36. The van der Waals surface area contributed by atoms with Gasteiger partial charge in [-0.3, -0.25) is 4.40 Å². The van der Waals surface area contributed by atoms with Crippen LogP contribution in [0.15, 0.2) is 42.6 Å². The van der Waals surface area contributed by atoms with Crippen LogP contribution in [0.1, 0.15) is 22.5 Å². The van der Waals surface area contributed by atoms with Gasteiger partial charge < -0.3 is 0 Å². The number of pyridine rings is 1. The number of halogens is 1. The third kappa shape index (κ3) is 2.15. The van der Waals surface area contributed by atoms with E-state index in [1.165, 1.54) is 5.56 Å². The monoisotopic (exact) mass is 281 g/mol. The van der Waals surface area contributed by atoms with Crippen molar-refractivity contribution in [1.82, 2.24) is 9.38 Å². The summed E-state index contributed by atoms with van der Waals surface area (Å²) in [4.78, 5) is 4.51. The Balaban J connectivity index is 2.10. The Morgan fingerprint density at radius 3 is 2.70 bits per heavy atom. The molecule has 0 N–H and O–H groups in total. The number of aryl methyl sites for hydroxylation is 1. The largest absolute Gasteiger partial charge is 0.290 e. The smallest absolute Gasteiger partial charge is 0.156 e. The molecule has 0 bridgehead atoms. The first kappa shape index (κ1) is 12.7. The van der Waals surface area contributed by atoms with Crippen LogP contribution in [-0.4, -0.2) is 9.38 Å². The lowest BCUT2D eigenvalue weighted by Crippen LogP contribution is -1.93. The van der Waals surface area contributed by atoms with Crippen LogP contribution in [0, 0.1) is 18.3 Å². The van der Waals surface area contributed by atoms with Gasteiger partial charge in [0.1, 0.15) is 11.8 Å². The zero-order chi connectivity index (χ0) is 14.1. The summed E-state index contributed by atoms with van der Waals surface area (Å²) >= 11 is 6.13. The SMILES string of the molecule is Cc1ccc(Cc2nc3c(Cl)cccn3c2C#N)cc1. The average molecular weight is 282 g/mol. The van der Waals surface area contributed by atoms with Gasteiger partial charge in [0, 0.05) is 12.6 Å². The topological polar surface area (TPSA) is 41.1 Å². The summed E-state index contributed by atoms with van der Waals surface area (Å²) in [5, 5.41) is 9.92. The van der Waals surface area contributed by atoms with E-state index in [0.717, 1.165) is 11.3 Å². The quantitative estimate of drug-likeness (QED) is 0.718. The van der Waals surface area contributed by atoms with E-state index in [-0.39, 0.29) is 0 Å². The van der Waals surface area contributed by atoms with Gasteiger partial charge in [-0.15, -0.1) is 0 Å². The standard InChI is InChI=1S/C16H12ClN3/c1-11-4-6-12(7-5-11)9-14-15(10-18)20-8-2-3-13(17)16(20)19-14/h2-8H,9H2,1H3. The summed E-state index contributed by atoms with van der Waals surface area (Å²) in [6.07, 6.45) is 2.44. The maximum Gasteiger partial charge on any atom is 0.156 e. The molecule has 2 heterocycles. The Kier molecular flexibility index (Phi) is 3.17. The first-order valence-electron chi connectivity index (χ1n) is 6.30. The van der Waals surface area contributed by atoms with E-state index in [4.69, 9.17) is 11.6 Å². The van der Waals surface area contributed by atoms with E-state index in [0.29, 0.717) is 22.8 Å². The minimum atomic E-state index is 0.545. The van der Waals surface area contributed by atoms with Crippen molar-refractivity contribution in [3.63, 3.8) is 0 Å². The van der Waals surface area contributed by atoms with Crippen molar-refractivity contribution in [3.05, 3.63) is 70.1 Å². The van der Waals surface area contributed by atoms with Crippen LogP contribution in [0.3, 0.4) is 0 Å². The molecule has 3 aromatic rings. The second-order valence-corrected chi connectivity index (χ2v) is 5.14. The summed E-state index contributed by atoms with van der Waals surface area (Å²) in [5.74, 6) is 0. The van der Waals surface area contributed by atoms with E-state index < -0.39 is 0 Å². The van der Waals surface area contributed by atoms with E-state index in [9.17, 15) is 5.26 Å². The van der Waals surface area contributed by atoms with Crippen molar-refractivity contribution >= 4 is 17.2 Å². The number of fused-ring (bicyclic) bond motifs is 1. The summed E-state index contributed by atoms with van der Waals surface area (Å²) < 4.78 is 1.74. The zero-order valence-electron chi connectivity index (χ0n) is 11.0. The lowest BCUT2D eigenvalue weighted by Gasteiger charge is -1.99. The molecule has 3 rings (SSSR count). The number of hydrogen-bond acceptors (Lipinski definition) is 2. The number of rotatable bonds is 2. The Hall–Kier alpha value is -2.31. The zero-order valence-corrected chi connectivity index (χ0v) is 11.7. The summed E-state index contributed by atoms with van der Waals surface area (Å²) in [6.45, 7) is 2.05. The number of hydrogen-bond donors (Lipinski definition) is 0. The van der Waals surface area contributed by atoms with E-state index in [1.54, 1.807) is 10.5 Å². The highest BCUT2D eigenvalue weighted by Crippen LogP contribution is 2.21. The van der Waals surface area contributed by atoms with Crippen LogP contribution in [-0.2, 0) is 6.42 Å². The fourth-order valence-corrected chi connectivity index (χ4v) is 2.43. The van der Waals surface area contributed by atoms with E-state index >= 15 is 0 Å². The predicted octanol–water partition coefficient (Wildman–Crippen LogP) is 3.76. The number of nitrogens with zero attached hydrogens (tertiary/aromatic N) is 3. The molecule has 4 heteroatoms. The molecule has 0 saturated heterocycles. The number of imidazole rings is 1. The van der Waals surface area contributed by atoms with E-state index in [1.807, 2.05) is 12.3 Å².